The minimum Gasteiger partial charge on any atom is -0.394 e. The zero-order valence-electron chi connectivity index (χ0n) is 13.0. The maximum atomic E-state index is 9.02. The third kappa shape index (κ3) is 4.36. The Morgan fingerprint density at radius 2 is 2.14 bits per heavy atom. The molecule has 0 radical (unpaired) electrons. The van der Waals surface area contributed by atoms with Crippen LogP contribution in [-0.4, -0.2) is 33.0 Å². The predicted molar refractivity (Wildman–Crippen MR) is 85.7 cm³/mol. The van der Waals surface area contributed by atoms with E-state index in [1.165, 1.54) is 10.6 Å². The van der Waals surface area contributed by atoms with Gasteiger partial charge in [0.2, 0.25) is 0 Å². The molecule has 2 heterocycles. The van der Waals surface area contributed by atoms with Gasteiger partial charge in [0, 0.05) is 35.3 Å². The van der Waals surface area contributed by atoms with Gasteiger partial charge in [-0.1, -0.05) is 0 Å². The summed E-state index contributed by atoms with van der Waals surface area (Å²) < 4.78 is 1.88. The van der Waals surface area contributed by atoms with Crippen LogP contribution in [0, 0.1) is 20.8 Å². The summed E-state index contributed by atoms with van der Waals surface area (Å²) >= 11 is 1.74. The third-order valence-electron chi connectivity index (χ3n) is 3.56. The summed E-state index contributed by atoms with van der Waals surface area (Å²) in [4.78, 5) is 4.47. The average Bonchev–Trinajstić information content (AvgIpc) is 2.97. The fraction of sp³-hybridized carbons (Fsp3) is 0.600. The third-order valence-corrected chi connectivity index (χ3v) is 4.58. The molecule has 0 aliphatic rings. The molecule has 21 heavy (non-hydrogen) atoms. The number of nitrogens with zero attached hydrogens (tertiary/aromatic N) is 3. The van der Waals surface area contributed by atoms with Crippen LogP contribution in [-0.2, 0) is 19.5 Å². The van der Waals surface area contributed by atoms with Crippen LogP contribution in [0.15, 0.2) is 5.38 Å². The van der Waals surface area contributed by atoms with Crippen molar-refractivity contribution in [3.05, 3.63) is 33.0 Å². The molecular formula is C15H24N4OS. The molecule has 2 aromatic heterocycles. The summed E-state index contributed by atoms with van der Waals surface area (Å²) in [6, 6.07) is 0. The largest absolute Gasteiger partial charge is 0.394 e. The number of rotatable bonds is 8. The van der Waals surface area contributed by atoms with E-state index in [0.29, 0.717) is 6.54 Å². The molecule has 2 N–H and O–H groups in total. The molecule has 5 nitrogen and oxygen atoms in total. The van der Waals surface area contributed by atoms with Gasteiger partial charge in [-0.3, -0.25) is 4.68 Å². The number of aromatic nitrogens is 3. The second kappa shape index (κ2) is 7.68. The van der Waals surface area contributed by atoms with Gasteiger partial charge < -0.3 is 10.4 Å². The highest BCUT2D eigenvalue weighted by Gasteiger charge is 2.10. The summed E-state index contributed by atoms with van der Waals surface area (Å²) in [5.74, 6) is 0. The van der Waals surface area contributed by atoms with Gasteiger partial charge in [-0.15, -0.1) is 11.3 Å². The number of hydrogen-bond acceptors (Lipinski definition) is 5. The van der Waals surface area contributed by atoms with Gasteiger partial charge in [-0.05, 0) is 33.7 Å². The molecule has 0 spiro atoms. The molecule has 0 saturated heterocycles. The van der Waals surface area contributed by atoms with Crippen LogP contribution >= 0.6 is 11.3 Å². The maximum Gasteiger partial charge on any atom is 0.0928 e. The topological polar surface area (TPSA) is 63.0 Å². The van der Waals surface area contributed by atoms with Crippen molar-refractivity contribution in [3.8, 4) is 0 Å². The SMILES string of the molecule is Cc1csc(CCCNCc2c(C)nn(CCO)c2C)n1. The van der Waals surface area contributed by atoms with Crippen molar-refractivity contribution in [2.45, 2.75) is 46.7 Å². The number of thiazole rings is 1. The van der Waals surface area contributed by atoms with Crippen molar-refractivity contribution in [1.82, 2.24) is 20.1 Å². The molecule has 0 aromatic carbocycles. The van der Waals surface area contributed by atoms with Gasteiger partial charge in [0.1, 0.15) is 0 Å². The smallest absolute Gasteiger partial charge is 0.0928 e. The molecule has 2 rings (SSSR count). The molecule has 0 atom stereocenters. The van der Waals surface area contributed by atoms with Crippen LogP contribution in [0.2, 0.25) is 0 Å². The van der Waals surface area contributed by atoms with E-state index in [4.69, 9.17) is 5.11 Å². The lowest BCUT2D eigenvalue weighted by Gasteiger charge is -2.06. The normalized spacial score (nSPS) is 11.2. The number of aliphatic hydroxyl groups excluding tert-OH is 1. The highest BCUT2D eigenvalue weighted by Crippen LogP contribution is 2.13. The molecule has 0 saturated carbocycles. The Hall–Kier alpha value is -1.24. The molecule has 0 aliphatic heterocycles. The van der Waals surface area contributed by atoms with Crippen molar-refractivity contribution in [2.75, 3.05) is 13.2 Å². The van der Waals surface area contributed by atoms with Crippen molar-refractivity contribution < 1.29 is 5.11 Å². The minimum absolute atomic E-state index is 0.127. The minimum atomic E-state index is 0.127. The first-order valence-corrected chi connectivity index (χ1v) is 8.25. The van der Waals surface area contributed by atoms with Gasteiger partial charge in [0.15, 0.2) is 0 Å². The van der Waals surface area contributed by atoms with Crippen molar-refractivity contribution in [3.63, 3.8) is 0 Å². The van der Waals surface area contributed by atoms with Gasteiger partial charge in [0.05, 0.1) is 23.9 Å². The monoisotopic (exact) mass is 308 g/mol. The van der Waals surface area contributed by atoms with Crippen LogP contribution in [0.25, 0.3) is 0 Å². The highest BCUT2D eigenvalue weighted by atomic mass is 32.1. The van der Waals surface area contributed by atoms with Crippen LogP contribution in [0.1, 0.15) is 34.1 Å². The summed E-state index contributed by atoms with van der Waals surface area (Å²) in [6.07, 6.45) is 2.13. The standard InChI is InChI=1S/C15H24N4OS/c1-11-10-21-15(17-11)5-4-6-16-9-14-12(2)18-19(7-8-20)13(14)3/h10,16,20H,4-9H2,1-3H3. The molecule has 2 aromatic rings. The Bertz CT molecular complexity index is 576. The molecule has 116 valence electrons. The summed E-state index contributed by atoms with van der Waals surface area (Å²) in [5, 5.41) is 20.3. The van der Waals surface area contributed by atoms with E-state index in [9.17, 15) is 0 Å². The zero-order chi connectivity index (χ0) is 15.2. The van der Waals surface area contributed by atoms with Crippen LogP contribution in [0.5, 0.6) is 0 Å². The molecule has 0 unspecified atom stereocenters. The molecule has 6 heteroatoms. The Balaban J connectivity index is 1.75. The Morgan fingerprint density at radius 1 is 1.33 bits per heavy atom. The second-order valence-corrected chi connectivity index (χ2v) is 6.20. The quantitative estimate of drug-likeness (QED) is 0.732. The number of aliphatic hydroxyl groups is 1. The van der Waals surface area contributed by atoms with Crippen LogP contribution < -0.4 is 5.32 Å². The molecule has 0 fully saturated rings. The second-order valence-electron chi connectivity index (χ2n) is 5.26. The van der Waals surface area contributed by atoms with E-state index in [0.717, 1.165) is 43.0 Å². The van der Waals surface area contributed by atoms with E-state index >= 15 is 0 Å². The van der Waals surface area contributed by atoms with Gasteiger partial charge in [-0.25, -0.2) is 4.98 Å². The molecule has 0 bridgehead atoms. The molecular weight excluding hydrogens is 284 g/mol. The van der Waals surface area contributed by atoms with Crippen molar-refractivity contribution in [2.24, 2.45) is 0 Å². The van der Waals surface area contributed by atoms with Gasteiger partial charge in [0.25, 0.3) is 0 Å². The first-order chi connectivity index (χ1) is 10.1. The summed E-state index contributed by atoms with van der Waals surface area (Å²) in [6.45, 7) is 8.62. The first-order valence-electron chi connectivity index (χ1n) is 7.37. The van der Waals surface area contributed by atoms with Crippen LogP contribution in [0.4, 0.5) is 0 Å². The number of aryl methyl sites for hydroxylation is 3. The lowest BCUT2D eigenvalue weighted by molar-refractivity contribution is 0.267. The van der Waals surface area contributed by atoms with Crippen molar-refractivity contribution in [1.29, 1.82) is 0 Å². The van der Waals surface area contributed by atoms with Crippen LogP contribution in [0.3, 0.4) is 0 Å². The van der Waals surface area contributed by atoms with E-state index in [-0.39, 0.29) is 6.61 Å². The van der Waals surface area contributed by atoms with Crippen molar-refractivity contribution >= 4 is 11.3 Å². The fourth-order valence-corrected chi connectivity index (χ4v) is 3.22. The lowest BCUT2D eigenvalue weighted by Crippen LogP contribution is -2.16. The Labute approximate surface area is 130 Å². The highest BCUT2D eigenvalue weighted by molar-refractivity contribution is 7.09. The van der Waals surface area contributed by atoms with E-state index in [2.05, 4.69) is 27.7 Å². The summed E-state index contributed by atoms with van der Waals surface area (Å²) in [7, 11) is 0. The molecule has 0 amide bonds. The molecule has 0 aliphatic carbocycles. The predicted octanol–water partition coefficient (Wildman–Crippen LogP) is 1.98. The van der Waals surface area contributed by atoms with E-state index in [1.807, 2.05) is 18.5 Å². The number of nitrogens with one attached hydrogen (secondary N) is 1. The first kappa shape index (κ1) is 16.1. The lowest BCUT2D eigenvalue weighted by atomic mass is 10.2. The average molecular weight is 308 g/mol. The fourth-order valence-electron chi connectivity index (χ4n) is 2.40. The zero-order valence-corrected chi connectivity index (χ0v) is 13.8. The summed E-state index contributed by atoms with van der Waals surface area (Å²) in [5.41, 5.74) is 4.55. The Morgan fingerprint density at radius 3 is 2.81 bits per heavy atom. The van der Waals surface area contributed by atoms with E-state index < -0.39 is 0 Å². The van der Waals surface area contributed by atoms with Gasteiger partial charge in [-0.2, -0.15) is 5.10 Å². The number of hydrogen-bond donors (Lipinski definition) is 2. The van der Waals surface area contributed by atoms with Gasteiger partial charge >= 0.3 is 0 Å². The van der Waals surface area contributed by atoms with E-state index in [1.54, 1.807) is 11.3 Å². The maximum absolute atomic E-state index is 9.02. The Kier molecular flexibility index (Phi) is 5.90.